The first-order chi connectivity index (χ1) is 8.00. The van der Waals surface area contributed by atoms with Crippen LogP contribution in [0.4, 0.5) is 0 Å². The Balaban J connectivity index is 2.16. The van der Waals surface area contributed by atoms with E-state index in [-0.39, 0.29) is 5.60 Å². The molecule has 1 aliphatic heterocycles. The first-order valence-electron chi connectivity index (χ1n) is 5.96. The van der Waals surface area contributed by atoms with Crippen LogP contribution < -0.4 is 0 Å². The third-order valence-electron chi connectivity index (χ3n) is 3.39. The zero-order valence-corrected chi connectivity index (χ0v) is 10.9. The summed E-state index contributed by atoms with van der Waals surface area (Å²) < 4.78 is 5.87. The van der Waals surface area contributed by atoms with Crippen molar-refractivity contribution in [3.05, 3.63) is 47.0 Å². The summed E-state index contributed by atoms with van der Waals surface area (Å²) in [6.07, 6.45) is 0. The van der Waals surface area contributed by atoms with E-state index in [1.165, 1.54) is 16.7 Å². The first-order valence-corrected chi connectivity index (χ1v) is 5.96. The largest absolute Gasteiger partial charge is 0.467 e. The Morgan fingerprint density at radius 3 is 2.29 bits per heavy atom. The van der Waals surface area contributed by atoms with Crippen molar-refractivity contribution >= 4 is 5.90 Å². The molecule has 0 atom stereocenters. The Morgan fingerprint density at radius 2 is 1.76 bits per heavy atom. The number of ether oxygens (including phenoxy) is 1. The molecule has 0 spiro atoms. The van der Waals surface area contributed by atoms with Gasteiger partial charge in [0.25, 0.3) is 0 Å². The zero-order valence-electron chi connectivity index (χ0n) is 10.9. The fourth-order valence-corrected chi connectivity index (χ4v) is 1.90. The molecule has 0 radical (unpaired) electrons. The van der Waals surface area contributed by atoms with Gasteiger partial charge >= 0.3 is 0 Å². The molecule has 0 aromatic heterocycles. The molecule has 90 valence electrons. The normalized spacial score (nSPS) is 20.8. The van der Waals surface area contributed by atoms with E-state index < -0.39 is 0 Å². The fourth-order valence-electron chi connectivity index (χ4n) is 1.90. The van der Waals surface area contributed by atoms with Gasteiger partial charge in [0.05, 0.1) is 6.54 Å². The molecule has 1 aliphatic rings. The molecular formula is C15H19NO. The number of nitrogens with zero attached hydrogens (tertiary/aromatic N) is 1. The van der Waals surface area contributed by atoms with Crippen molar-refractivity contribution < 1.29 is 4.74 Å². The maximum absolute atomic E-state index is 5.87. The molecule has 0 bridgehead atoms. The van der Waals surface area contributed by atoms with E-state index in [2.05, 4.69) is 44.8 Å². The zero-order chi connectivity index (χ0) is 12.5. The second kappa shape index (κ2) is 4.36. The quantitative estimate of drug-likeness (QED) is 0.757. The summed E-state index contributed by atoms with van der Waals surface area (Å²) in [5.74, 6) is 0.788. The van der Waals surface area contributed by atoms with Crippen molar-refractivity contribution in [3.63, 3.8) is 0 Å². The van der Waals surface area contributed by atoms with Crippen LogP contribution in [0.15, 0.2) is 46.5 Å². The second-order valence-corrected chi connectivity index (χ2v) is 4.97. The van der Waals surface area contributed by atoms with Gasteiger partial charge in [-0.25, -0.2) is 4.99 Å². The number of aliphatic imine (C=N–C) groups is 1. The van der Waals surface area contributed by atoms with Crippen molar-refractivity contribution in [1.82, 2.24) is 0 Å². The van der Waals surface area contributed by atoms with Gasteiger partial charge in [-0.3, -0.25) is 0 Å². The van der Waals surface area contributed by atoms with Crippen molar-refractivity contribution in [2.24, 2.45) is 4.99 Å². The van der Waals surface area contributed by atoms with Crippen LogP contribution in [0.25, 0.3) is 0 Å². The average Bonchev–Trinajstić information content (AvgIpc) is 2.52. The second-order valence-electron chi connectivity index (χ2n) is 4.97. The summed E-state index contributed by atoms with van der Waals surface area (Å²) in [4.78, 5) is 4.56. The minimum absolute atomic E-state index is 0.209. The Morgan fingerprint density at radius 1 is 1.12 bits per heavy atom. The van der Waals surface area contributed by atoms with Gasteiger partial charge in [0.1, 0.15) is 5.60 Å². The van der Waals surface area contributed by atoms with Crippen LogP contribution in [0.2, 0.25) is 0 Å². The molecule has 0 saturated carbocycles. The summed E-state index contributed by atoms with van der Waals surface area (Å²) in [5.41, 5.74) is 3.44. The molecule has 2 rings (SSSR count). The van der Waals surface area contributed by atoms with E-state index >= 15 is 0 Å². The van der Waals surface area contributed by atoms with Gasteiger partial charge < -0.3 is 4.74 Å². The van der Waals surface area contributed by atoms with E-state index in [4.69, 9.17) is 4.74 Å². The third-order valence-corrected chi connectivity index (χ3v) is 3.39. The van der Waals surface area contributed by atoms with Crippen LogP contribution in [0.1, 0.15) is 33.3 Å². The van der Waals surface area contributed by atoms with Crippen LogP contribution in [0.5, 0.6) is 0 Å². The molecule has 1 aromatic carbocycles. The topological polar surface area (TPSA) is 21.6 Å². The molecule has 0 fully saturated rings. The summed E-state index contributed by atoms with van der Waals surface area (Å²) in [6.45, 7) is 9.03. The molecular weight excluding hydrogens is 210 g/mol. The monoisotopic (exact) mass is 229 g/mol. The molecule has 0 saturated heterocycles. The molecule has 0 unspecified atom stereocenters. The summed E-state index contributed by atoms with van der Waals surface area (Å²) in [7, 11) is 0. The SMILES string of the molecule is CC1=C(C)C(C)(C)OC1=NCc1ccccc1. The fraction of sp³-hybridized carbons (Fsp3) is 0.400. The highest BCUT2D eigenvalue weighted by atomic mass is 16.5. The summed E-state index contributed by atoms with van der Waals surface area (Å²) in [6, 6.07) is 10.2. The Labute approximate surface area is 103 Å². The lowest BCUT2D eigenvalue weighted by Crippen LogP contribution is -2.21. The van der Waals surface area contributed by atoms with Gasteiger partial charge in [-0.2, -0.15) is 0 Å². The van der Waals surface area contributed by atoms with E-state index in [1.54, 1.807) is 0 Å². The van der Waals surface area contributed by atoms with Crippen LogP contribution in [0, 0.1) is 0 Å². The van der Waals surface area contributed by atoms with Crippen LogP contribution in [-0.4, -0.2) is 11.5 Å². The summed E-state index contributed by atoms with van der Waals surface area (Å²) >= 11 is 0. The lowest BCUT2D eigenvalue weighted by atomic mass is 9.98. The third kappa shape index (κ3) is 2.41. The van der Waals surface area contributed by atoms with Crippen molar-refractivity contribution in [2.75, 3.05) is 0 Å². The highest BCUT2D eigenvalue weighted by Gasteiger charge is 2.33. The van der Waals surface area contributed by atoms with E-state index in [0.717, 1.165) is 5.90 Å². The Bertz CT molecular complexity index is 469. The Kier molecular flexibility index (Phi) is 3.05. The number of hydrogen-bond donors (Lipinski definition) is 0. The van der Waals surface area contributed by atoms with Crippen molar-refractivity contribution in [3.8, 4) is 0 Å². The predicted octanol–water partition coefficient (Wildman–Crippen LogP) is 3.73. The molecule has 1 aromatic rings. The average molecular weight is 229 g/mol. The molecule has 0 aliphatic carbocycles. The Hall–Kier alpha value is -1.57. The highest BCUT2D eigenvalue weighted by molar-refractivity contribution is 5.96. The minimum atomic E-state index is -0.209. The van der Waals surface area contributed by atoms with E-state index in [9.17, 15) is 0 Å². The smallest absolute Gasteiger partial charge is 0.212 e. The molecule has 1 heterocycles. The summed E-state index contributed by atoms with van der Waals surface area (Å²) in [5, 5.41) is 0. The lowest BCUT2D eigenvalue weighted by molar-refractivity contribution is 0.149. The molecule has 2 heteroatoms. The standard InChI is InChI=1S/C15H19NO/c1-11-12(2)15(3,4)17-14(11)16-10-13-8-6-5-7-9-13/h5-9H,10H2,1-4H3. The first kappa shape index (κ1) is 11.9. The highest BCUT2D eigenvalue weighted by Crippen LogP contribution is 2.32. The predicted molar refractivity (Wildman–Crippen MR) is 71.1 cm³/mol. The maximum Gasteiger partial charge on any atom is 0.212 e. The van der Waals surface area contributed by atoms with Crippen LogP contribution in [-0.2, 0) is 11.3 Å². The van der Waals surface area contributed by atoms with Gasteiger partial charge in [0, 0.05) is 5.57 Å². The maximum atomic E-state index is 5.87. The number of hydrogen-bond acceptors (Lipinski definition) is 2. The van der Waals surface area contributed by atoms with Gasteiger partial charge in [-0.05, 0) is 38.8 Å². The van der Waals surface area contributed by atoms with Gasteiger partial charge in [-0.1, -0.05) is 30.3 Å². The molecule has 0 N–H and O–H groups in total. The lowest BCUT2D eigenvalue weighted by Gasteiger charge is -2.19. The van der Waals surface area contributed by atoms with Gasteiger partial charge in [-0.15, -0.1) is 0 Å². The van der Waals surface area contributed by atoms with Crippen molar-refractivity contribution in [2.45, 2.75) is 39.8 Å². The van der Waals surface area contributed by atoms with E-state index in [0.29, 0.717) is 6.54 Å². The van der Waals surface area contributed by atoms with Gasteiger partial charge in [0.2, 0.25) is 5.90 Å². The molecule has 17 heavy (non-hydrogen) atoms. The van der Waals surface area contributed by atoms with Crippen LogP contribution >= 0.6 is 0 Å². The number of benzene rings is 1. The molecule has 0 amide bonds. The minimum Gasteiger partial charge on any atom is -0.467 e. The van der Waals surface area contributed by atoms with Gasteiger partial charge in [0.15, 0.2) is 0 Å². The molecule has 2 nitrogen and oxygen atoms in total. The van der Waals surface area contributed by atoms with Crippen molar-refractivity contribution in [1.29, 1.82) is 0 Å². The van der Waals surface area contributed by atoms with Crippen LogP contribution in [0.3, 0.4) is 0 Å². The van der Waals surface area contributed by atoms with E-state index in [1.807, 2.05) is 18.2 Å². The number of rotatable bonds is 2.